The molecule has 8 rings (SSSR count). The molecule has 6 atom stereocenters. The second-order valence-electron chi connectivity index (χ2n) is 20.9. The number of ketones is 2. The molecule has 3 N–H and O–H groups in total. The van der Waals surface area contributed by atoms with Gasteiger partial charge in [0.25, 0.3) is 5.91 Å². The Morgan fingerprint density at radius 2 is 1.63 bits per heavy atom. The van der Waals surface area contributed by atoms with Crippen molar-refractivity contribution in [2.45, 2.75) is 137 Å². The number of nitrogens with one attached hydrogen (secondary N) is 3. The zero-order valence-corrected chi connectivity index (χ0v) is 37.1. The van der Waals surface area contributed by atoms with Crippen LogP contribution >= 0.6 is 0 Å². The van der Waals surface area contributed by atoms with E-state index in [1.807, 2.05) is 45.0 Å². The van der Waals surface area contributed by atoms with E-state index in [1.54, 1.807) is 17.2 Å². The van der Waals surface area contributed by atoms with Crippen LogP contribution in [0.15, 0.2) is 43.1 Å². The topological polar surface area (TPSA) is 166 Å². The molecule has 1 aromatic carbocycles. The van der Waals surface area contributed by atoms with Crippen LogP contribution in [0.4, 0.5) is 0 Å². The average molecular weight is 844 g/mol. The number of fused-ring (bicyclic) bond motifs is 2. The Balaban J connectivity index is 1.07. The van der Waals surface area contributed by atoms with Gasteiger partial charge in [0.2, 0.25) is 11.8 Å². The number of Topliss-reactive ketones (excluding diaryl/α,β-unsaturated/α-hetero) is 2. The monoisotopic (exact) mass is 843 g/mol. The van der Waals surface area contributed by atoms with Gasteiger partial charge in [-0.2, -0.15) is 12.7 Å². The van der Waals surface area contributed by atoms with Gasteiger partial charge in [0, 0.05) is 60.9 Å². The number of H-pyrrole nitrogens is 1. The van der Waals surface area contributed by atoms with Gasteiger partial charge in [-0.25, -0.2) is 4.72 Å². The van der Waals surface area contributed by atoms with E-state index in [1.165, 1.54) is 4.31 Å². The number of aromatic nitrogens is 1. The molecule has 0 radical (unpaired) electrons. The fourth-order valence-electron chi connectivity index (χ4n) is 12.6. The number of carbonyl (C=O) groups is 5. The molecule has 2 aliphatic heterocycles. The lowest BCUT2D eigenvalue weighted by atomic mass is 9.73. The van der Waals surface area contributed by atoms with Crippen molar-refractivity contribution < 1.29 is 32.4 Å². The van der Waals surface area contributed by atoms with Gasteiger partial charge in [0.1, 0.15) is 0 Å². The van der Waals surface area contributed by atoms with Gasteiger partial charge in [-0.15, -0.1) is 6.58 Å². The number of para-hydroxylation sites is 1. The number of aromatic amines is 1. The summed E-state index contributed by atoms with van der Waals surface area (Å²) >= 11 is 0. The van der Waals surface area contributed by atoms with E-state index < -0.39 is 44.9 Å². The van der Waals surface area contributed by atoms with Crippen molar-refractivity contribution in [2.75, 3.05) is 19.6 Å². The Labute approximate surface area is 355 Å². The fraction of sp³-hybridized carbons (Fsp3) is 0.681. The number of nitrogens with zero attached hydrogens (tertiary/aromatic N) is 2. The first-order chi connectivity index (χ1) is 28.3. The van der Waals surface area contributed by atoms with Crippen molar-refractivity contribution in [3.63, 3.8) is 0 Å². The Hall–Kier alpha value is -3.84. The summed E-state index contributed by atoms with van der Waals surface area (Å²) in [5, 5.41) is 3.92. The molecule has 3 heterocycles. The predicted molar refractivity (Wildman–Crippen MR) is 230 cm³/mol. The van der Waals surface area contributed by atoms with Gasteiger partial charge < -0.3 is 15.2 Å². The first kappa shape index (κ1) is 42.8. The van der Waals surface area contributed by atoms with E-state index >= 15 is 4.79 Å². The fourth-order valence-corrected chi connectivity index (χ4v) is 13.9. The zero-order valence-electron chi connectivity index (χ0n) is 36.2. The molecule has 4 saturated carbocycles. The van der Waals surface area contributed by atoms with Crippen LogP contribution in [-0.2, 0) is 29.4 Å². The second kappa shape index (κ2) is 15.2. The smallest absolute Gasteiger partial charge is 0.303 e. The standard InChI is InChI=1S/C47H65N5O7S/c1-7-31-25-45(31,42(57)50-60(58,59)51-22-13-14-23-51)27-38(54)36-26-47(44(5,6)46(47)20-15-21-46)29-52(36)41(56)34(43(2,3)4)24-37(53)39(30-16-9-8-10-17-30)49-40(55)33-28-48-35-19-12-11-18-32(33)35/h7,11-12,18-19,28,30-31,34,36,39,48H,1,8-10,13-17,20-27,29H2,2-6H3,(H,49,55)(H,50,57)/t31-,34-,36+,39+,45-,47-/m1/s1. The van der Waals surface area contributed by atoms with Gasteiger partial charge in [0.05, 0.1) is 23.1 Å². The normalized spacial score (nSPS) is 29.5. The van der Waals surface area contributed by atoms with E-state index in [4.69, 9.17) is 0 Å². The molecule has 13 heteroatoms. The van der Waals surface area contributed by atoms with Gasteiger partial charge in [-0.1, -0.05) is 84.6 Å². The number of likely N-dealkylation sites (tertiary alicyclic amines) is 1. The molecule has 0 unspecified atom stereocenters. The van der Waals surface area contributed by atoms with Crippen LogP contribution in [0.3, 0.4) is 0 Å². The summed E-state index contributed by atoms with van der Waals surface area (Å²) in [4.78, 5) is 77.8. The number of hydrogen-bond donors (Lipinski definition) is 3. The molecular weight excluding hydrogens is 779 g/mol. The summed E-state index contributed by atoms with van der Waals surface area (Å²) in [7, 11) is -4.07. The zero-order chi connectivity index (χ0) is 43.0. The lowest BCUT2D eigenvalue weighted by Crippen LogP contribution is -2.51. The third kappa shape index (κ3) is 6.88. The molecule has 2 saturated heterocycles. The highest BCUT2D eigenvalue weighted by atomic mass is 32.2. The molecule has 3 amide bonds. The lowest BCUT2D eigenvalue weighted by Gasteiger charge is -2.37. The van der Waals surface area contributed by atoms with Crippen LogP contribution in [0.2, 0.25) is 0 Å². The van der Waals surface area contributed by atoms with E-state index in [0.29, 0.717) is 38.0 Å². The Morgan fingerprint density at radius 3 is 2.23 bits per heavy atom. The van der Waals surface area contributed by atoms with Gasteiger partial charge in [-0.3, -0.25) is 24.0 Å². The third-order valence-corrected chi connectivity index (χ3v) is 18.3. The Morgan fingerprint density at radius 1 is 0.950 bits per heavy atom. The van der Waals surface area contributed by atoms with Crippen molar-refractivity contribution in [1.29, 1.82) is 0 Å². The van der Waals surface area contributed by atoms with E-state index in [9.17, 15) is 27.6 Å². The van der Waals surface area contributed by atoms with Crippen LogP contribution in [0.25, 0.3) is 10.9 Å². The summed E-state index contributed by atoms with van der Waals surface area (Å²) in [5.74, 6) is -2.91. The quantitative estimate of drug-likeness (QED) is 0.175. The number of amides is 3. The molecule has 0 bridgehead atoms. The summed E-state index contributed by atoms with van der Waals surface area (Å²) in [6.07, 6.45) is 13.0. The Kier molecular flexibility index (Phi) is 10.9. The minimum absolute atomic E-state index is 0.0153. The molecule has 1 aromatic heterocycles. The summed E-state index contributed by atoms with van der Waals surface area (Å²) in [6.45, 7) is 15.4. The molecule has 4 aliphatic carbocycles. The first-order valence-corrected chi connectivity index (χ1v) is 23.9. The van der Waals surface area contributed by atoms with E-state index in [2.05, 4.69) is 35.4 Å². The average Bonchev–Trinajstić information content (AvgIpc) is 3.59. The summed E-state index contributed by atoms with van der Waals surface area (Å²) < 4.78 is 30.0. The summed E-state index contributed by atoms with van der Waals surface area (Å²) in [5.41, 5.74) is -1.01. The highest BCUT2D eigenvalue weighted by Crippen LogP contribution is 2.88. The van der Waals surface area contributed by atoms with Gasteiger partial charge in [0.15, 0.2) is 11.6 Å². The van der Waals surface area contributed by atoms with Crippen molar-refractivity contribution in [2.24, 2.45) is 44.8 Å². The predicted octanol–water partition coefficient (Wildman–Crippen LogP) is 6.87. The van der Waals surface area contributed by atoms with Crippen molar-refractivity contribution >= 4 is 50.4 Å². The molecule has 6 aliphatic rings. The highest BCUT2D eigenvalue weighted by molar-refractivity contribution is 7.87. The van der Waals surface area contributed by atoms with Crippen LogP contribution < -0.4 is 10.0 Å². The van der Waals surface area contributed by atoms with Gasteiger partial charge >= 0.3 is 10.2 Å². The number of carbonyl (C=O) groups excluding carboxylic acids is 5. The van der Waals surface area contributed by atoms with E-state index in [-0.39, 0.29) is 64.3 Å². The highest BCUT2D eigenvalue weighted by Gasteiger charge is 2.85. The van der Waals surface area contributed by atoms with Crippen LogP contribution in [0, 0.1) is 44.8 Å². The molecular formula is C47H65N5O7S. The second-order valence-corrected chi connectivity index (χ2v) is 22.6. The first-order valence-electron chi connectivity index (χ1n) is 22.5. The lowest BCUT2D eigenvalue weighted by molar-refractivity contribution is -0.146. The molecule has 60 heavy (non-hydrogen) atoms. The maximum atomic E-state index is 15.4. The van der Waals surface area contributed by atoms with Crippen LogP contribution in [-0.4, -0.2) is 83.6 Å². The maximum absolute atomic E-state index is 15.4. The molecule has 6 fully saturated rings. The maximum Gasteiger partial charge on any atom is 0.303 e. The SMILES string of the molecule is C=C[C@@H]1C[C@]1(CC(=O)[C@@H]1C[C@@]2(CN1C(=O)[C@@H](CC(=O)[C@@H](NC(=O)c1c[nH]c3ccccc13)C1CCCCC1)C(C)(C)C)C(C)(C)C21CCC1)C(=O)NS(=O)(=O)N1CCCC1. The molecule has 326 valence electrons. The van der Waals surface area contributed by atoms with Crippen LogP contribution in [0.1, 0.15) is 135 Å². The minimum atomic E-state index is -4.07. The largest absolute Gasteiger partial charge is 0.360 e. The van der Waals surface area contributed by atoms with Crippen LogP contribution in [0.5, 0.6) is 0 Å². The third-order valence-electron chi connectivity index (χ3n) is 16.8. The minimum Gasteiger partial charge on any atom is -0.360 e. The molecule has 2 spiro atoms. The number of rotatable bonds is 14. The van der Waals surface area contributed by atoms with Crippen molar-refractivity contribution in [1.82, 2.24) is 24.2 Å². The number of allylic oxidation sites excluding steroid dienone is 1. The molecule has 12 nitrogen and oxygen atoms in total. The summed E-state index contributed by atoms with van der Waals surface area (Å²) in [6, 6.07) is 5.97. The van der Waals surface area contributed by atoms with Gasteiger partial charge in [-0.05, 0) is 85.5 Å². The Bertz CT molecular complexity index is 2190. The number of hydrogen-bond acceptors (Lipinski definition) is 7. The molecule has 2 aromatic rings. The van der Waals surface area contributed by atoms with E-state index in [0.717, 1.165) is 75.1 Å². The number of benzene rings is 1. The van der Waals surface area contributed by atoms with Crippen molar-refractivity contribution in [3.8, 4) is 0 Å². The van der Waals surface area contributed by atoms with Crippen molar-refractivity contribution in [3.05, 3.63) is 48.7 Å².